The van der Waals surface area contributed by atoms with Crippen LogP contribution in [0.25, 0.3) is 0 Å². The van der Waals surface area contributed by atoms with E-state index in [1.165, 1.54) is 11.1 Å². The van der Waals surface area contributed by atoms with Crippen molar-refractivity contribution in [3.63, 3.8) is 0 Å². The van der Waals surface area contributed by atoms with Crippen molar-refractivity contribution in [2.24, 2.45) is 0 Å². The molecule has 0 aliphatic rings. The molecule has 21 heavy (non-hydrogen) atoms. The molecule has 2 nitrogen and oxygen atoms in total. The first-order chi connectivity index (χ1) is 10.0. The molecular weight excluding hydrogens is 260 g/mol. The van der Waals surface area contributed by atoms with Gasteiger partial charge in [-0.15, -0.1) is 0 Å². The third-order valence-electron chi connectivity index (χ3n) is 3.27. The number of Topliss-reactive ketones (excluding diaryl/α,β-unsaturated/α-hetero) is 1. The predicted molar refractivity (Wildman–Crippen MR) is 89.0 cm³/mol. The highest BCUT2D eigenvalue weighted by atomic mass is 16.5. The van der Waals surface area contributed by atoms with Gasteiger partial charge in [0.2, 0.25) is 0 Å². The fourth-order valence-corrected chi connectivity index (χ4v) is 1.91. The number of hydrogen-bond donors (Lipinski definition) is 0. The zero-order valence-electron chi connectivity index (χ0n) is 13.6. The lowest BCUT2D eigenvalue weighted by Gasteiger charge is -2.05. The molecule has 0 aliphatic carbocycles. The van der Waals surface area contributed by atoms with Crippen LogP contribution in [-0.2, 0) is 0 Å². The number of benzene rings is 1. The molecule has 0 saturated carbocycles. The Morgan fingerprint density at radius 2 is 1.76 bits per heavy atom. The van der Waals surface area contributed by atoms with E-state index in [0.717, 1.165) is 24.2 Å². The first-order valence-corrected chi connectivity index (χ1v) is 7.58. The molecule has 0 amide bonds. The molecule has 0 unspecified atom stereocenters. The molecule has 1 rings (SSSR count). The Hall–Kier alpha value is -1.83. The highest BCUT2D eigenvalue weighted by molar-refractivity contribution is 5.95. The van der Waals surface area contributed by atoms with Crippen LogP contribution in [0, 0.1) is 0 Å². The topological polar surface area (TPSA) is 26.3 Å². The molecule has 0 N–H and O–H groups in total. The monoisotopic (exact) mass is 286 g/mol. The minimum Gasteiger partial charge on any atom is -0.490 e. The lowest BCUT2D eigenvalue weighted by molar-refractivity contribution is 0.0988. The minimum absolute atomic E-state index is 0.163. The van der Waals surface area contributed by atoms with E-state index < -0.39 is 0 Å². The number of rotatable bonds is 8. The highest BCUT2D eigenvalue weighted by Crippen LogP contribution is 2.14. The van der Waals surface area contributed by atoms with Gasteiger partial charge in [-0.25, -0.2) is 0 Å². The van der Waals surface area contributed by atoms with Gasteiger partial charge in [0, 0.05) is 12.0 Å². The number of carbonyl (C=O) groups excluding carboxylic acids is 1. The average molecular weight is 286 g/mol. The lowest BCUT2D eigenvalue weighted by atomic mass is 10.1. The summed E-state index contributed by atoms with van der Waals surface area (Å²) in [5, 5.41) is 0. The molecule has 0 aromatic heterocycles. The van der Waals surface area contributed by atoms with E-state index >= 15 is 0 Å². The van der Waals surface area contributed by atoms with Gasteiger partial charge in [-0.05, 0) is 64.0 Å². The first-order valence-electron chi connectivity index (χ1n) is 7.58. The molecule has 0 fully saturated rings. The summed E-state index contributed by atoms with van der Waals surface area (Å²) in [6.07, 6.45) is 7.05. The van der Waals surface area contributed by atoms with Crippen LogP contribution in [0.1, 0.15) is 57.3 Å². The van der Waals surface area contributed by atoms with Gasteiger partial charge in [-0.2, -0.15) is 0 Å². The summed E-state index contributed by atoms with van der Waals surface area (Å²) in [5.41, 5.74) is 3.45. The van der Waals surface area contributed by atoms with Crippen molar-refractivity contribution < 1.29 is 9.53 Å². The highest BCUT2D eigenvalue weighted by Gasteiger charge is 2.02. The van der Waals surface area contributed by atoms with Crippen LogP contribution in [0.15, 0.2) is 47.6 Å². The molecule has 0 heterocycles. The summed E-state index contributed by atoms with van der Waals surface area (Å²) >= 11 is 0. The van der Waals surface area contributed by atoms with E-state index in [4.69, 9.17) is 4.74 Å². The number of allylic oxidation sites excluding steroid dienone is 3. The van der Waals surface area contributed by atoms with Crippen molar-refractivity contribution in [2.45, 2.75) is 47.0 Å². The second kappa shape index (κ2) is 9.17. The summed E-state index contributed by atoms with van der Waals surface area (Å²) < 4.78 is 5.67. The van der Waals surface area contributed by atoms with Gasteiger partial charge in [0.15, 0.2) is 5.78 Å². The Morgan fingerprint density at radius 3 is 2.33 bits per heavy atom. The number of hydrogen-bond acceptors (Lipinski definition) is 2. The Balaban J connectivity index is 2.41. The Kier molecular flexibility index (Phi) is 7.52. The number of carbonyl (C=O) groups is 1. The number of ether oxygens (including phenoxy) is 1. The third-order valence-corrected chi connectivity index (χ3v) is 3.27. The Labute approximate surface area is 128 Å². The predicted octanol–water partition coefficient (Wildman–Crippen LogP) is 5.35. The van der Waals surface area contributed by atoms with E-state index in [0.29, 0.717) is 13.0 Å². The quantitative estimate of drug-likeness (QED) is 0.475. The van der Waals surface area contributed by atoms with Crippen LogP contribution in [0.5, 0.6) is 5.75 Å². The third kappa shape index (κ3) is 6.94. The van der Waals surface area contributed by atoms with Crippen LogP contribution >= 0.6 is 0 Å². The molecule has 0 aliphatic heterocycles. The maximum absolute atomic E-state index is 11.5. The minimum atomic E-state index is 0.163. The van der Waals surface area contributed by atoms with Crippen LogP contribution in [0.3, 0.4) is 0 Å². The van der Waals surface area contributed by atoms with Crippen LogP contribution in [0.2, 0.25) is 0 Å². The normalized spacial score (nSPS) is 11.1. The van der Waals surface area contributed by atoms with Gasteiger partial charge in [-0.3, -0.25) is 4.79 Å². The van der Waals surface area contributed by atoms with Crippen LogP contribution in [0.4, 0.5) is 0 Å². The van der Waals surface area contributed by atoms with Gasteiger partial charge in [0.25, 0.3) is 0 Å². The summed E-state index contributed by atoms with van der Waals surface area (Å²) in [7, 11) is 0. The molecule has 1 aromatic rings. The smallest absolute Gasteiger partial charge is 0.162 e. The van der Waals surface area contributed by atoms with Crippen molar-refractivity contribution in [3.8, 4) is 5.75 Å². The van der Waals surface area contributed by atoms with Crippen molar-refractivity contribution in [1.29, 1.82) is 0 Å². The SMILES string of the molecule is CCC(=O)c1ccc(OCC=C(C)CCC=C(C)C)cc1. The Bertz CT molecular complexity index is 503. The standard InChI is InChI=1S/C19H26O2/c1-5-19(20)17-9-11-18(12-10-17)21-14-13-16(4)8-6-7-15(2)3/h7,9-13H,5-6,8,14H2,1-4H3. The van der Waals surface area contributed by atoms with Gasteiger partial charge in [0.05, 0.1) is 0 Å². The van der Waals surface area contributed by atoms with E-state index in [-0.39, 0.29) is 5.78 Å². The second-order valence-electron chi connectivity index (χ2n) is 5.48. The summed E-state index contributed by atoms with van der Waals surface area (Å²) in [6, 6.07) is 7.36. The molecule has 0 radical (unpaired) electrons. The second-order valence-corrected chi connectivity index (χ2v) is 5.48. The zero-order valence-corrected chi connectivity index (χ0v) is 13.6. The first kappa shape index (κ1) is 17.2. The molecule has 1 aromatic carbocycles. The summed E-state index contributed by atoms with van der Waals surface area (Å²) in [6.45, 7) is 8.81. The van der Waals surface area contributed by atoms with Crippen LogP contribution < -0.4 is 4.74 Å². The fourth-order valence-electron chi connectivity index (χ4n) is 1.91. The maximum Gasteiger partial charge on any atom is 0.162 e. The van der Waals surface area contributed by atoms with E-state index in [1.54, 1.807) is 0 Å². The molecule has 0 atom stereocenters. The van der Waals surface area contributed by atoms with Gasteiger partial charge in [0.1, 0.15) is 12.4 Å². The van der Waals surface area contributed by atoms with Crippen molar-refractivity contribution in [2.75, 3.05) is 6.61 Å². The zero-order chi connectivity index (χ0) is 15.7. The average Bonchev–Trinajstić information content (AvgIpc) is 2.46. The van der Waals surface area contributed by atoms with E-state index in [1.807, 2.05) is 31.2 Å². The summed E-state index contributed by atoms with van der Waals surface area (Å²) in [5.74, 6) is 0.965. The van der Waals surface area contributed by atoms with Gasteiger partial charge in [-0.1, -0.05) is 24.1 Å². The molecule has 0 spiro atoms. The largest absolute Gasteiger partial charge is 0.490 e. The van der Waals surface area contributed by atoms with Crippen molar-refractivity contribution in [3.05, 3.63) is 53.1 Å². The summed E-state index contributed by atoms with van der Waals surface area (Å²) in [4.78, 5) is 11.5. The van der Waals surface area contributed by atoms with Crippen LogP contribution in [-0.4, -0.2) is 12.4 Å². The van der Waals surface area contributed by atoms with E-state index in [9.17, 15) is 4.79 Å². The molecular formula is C19H26O2. The van der Waals surface area contributed by atoms with Gasteiger partial charge >= 0.3 is 0 Å². The molecule has 114 valence electrons. The number of ketones is 1. The molecule has 2 heteroatoms. The molecule has 0 bridgehead atoms. The van der Waals surface area contributed by atoms with E-state index in [2.05, 4.69) is 32.9 Å². The molecule has 0 saturated heterocycles. The lowest BCUT2D eigenvalue weighted by Crippen LogP contribution is -1.98. The maximum atomic E-state index is 11.5. The Morgan fingerprint density at radius 1 is 1.10 bits per heavy atom. The van der Waals surface area contributed by atoms with Crippen molar-refractivity contribution in [1.82, 2.24) is 0 Å². The van der Waals surface area contributed by atoms with Crippen molar-refractivity contribution >= 4 is 5.78 Å². The van der Waals surface area contributed by atoms with Gasteiger partial charge < -0.3 is 4.74 Å². The fraction of sp³-hybridized carbons (Fsp3) is 0.421.